The highest BCUT2D eigenvalue weighted by Crippen LogP contribution is 2.31. The van der Waals surface area contributed by atoms with E-state index in [9.17, 15) is 13.2 Å². The van der Waals surface area contributed by atoms with Crippen molar-refractivity contribution in [2.45, 2.75) is 115 Å². The molecule has 1 saturated carbocycles. The summed E-state index contributed by atoms with van der Waals surface area (Å²) in [4.78, 5) is 17.0. The third kappa shape index (κ3) is 8.13. The standard InChI is InChI=1S/C24H38N4O6S/c1-16-22(17(2)33-27-16)35(30,31)25-15-20-26-23(34-28-20)19(14-21(29)32-24(3,4)5)13-9-12-18-10-7-6-8-11-18/h18-19,25H,6-15H2,1-5H3. The van der Waals surface area contributed by atoms with Gasteiger partial charge in [-0.05, 0) is 47.0 Å². The zero-order valence-corrected chi connectivity index (χ0v) is 22.2. The Morgan fingerprint density at radius 3 is 2.49 bits per heavy atom. The highest BCUT2D eigenvalue weighted by Gasteiger charge is 2.28. The Balaban J connectivity index is 1.65. The average Bonchev–Trinajstić information content (AvgIpc) is 3.37. The van der Waals surface area contributed by atoms with Crippen LogP contribution in [0.2, 0.25) is 0 Å². The van der Waals surface area contributed by atoms with Gasteiger partial charge >= 0.3 is 5.97 Å². The maximum Gasteiger partial charge on any atom is 0.307 e. The minimum atomic E-state index is -3.86. The molecule has 0 amide bonds. The fourth-order valence-corrected chi connectivity index (χ4v) is 5.93. The van der Waals surface area contributed by atoms with E-state index in [4.69, 9.17) is 13.8 Å². The lowest BCUT2D eigenvalue weighted by Crippen LogP contribution is -2.25. The molecule has 10 nitrogen and oxygen atoms in total. The van der Waals surface area contributed by atoms with Crippen molar-refractivity contribution in [2.75, 3.05) is 0 Å². The molecule has 3 rings (SSSR count). The number of ether oxygens (including phenoxy) is 1. The summed E-state index contributed by atoms with van der Waals surface area (Å²) < 4.78 is 43.7. The number of carbonyl (C=O) groups excluding carboxylic acids is 1. The second-order valence-electron chi connectivity index (χ2n) is 10.4. The highest BCUT2D eigenvalue weighted by molar-refractivity contribution is 7.89. The summed E-state index contributed by atoms with van der Waals surface area (Å²) in [5.74, 6) is 0.859. The van der Waals surface area contributed by atoms with E-state index in [0.717, 1.165) is 25.2 Å². The first-order chi connectivity index (χ1) is 16.4. The zero-order valence-electron chi connectivity index (χ0n) is 21.4. The fourth-order valence-electron chi connectivity index (χ4n) is 4.62. The third-order valence-corrected chi connectivity index (χ3v) is 7.86. The molecule has 11 heteroatoms. The van der Waals surface area contributed by atoms with E-state index in [1.54, 1.807) is 6.92 Å². The molecule has 0 spiro atoms. The summed E-state index contributed by atoms with van der Waals surface area (Å²) in [6, 6.07) is 0. The molecule has 1 unspecified atom stereocenters. The highest BCUT2D eigenvalue weighted by atomic mass is 32.2. The van der Waals surface area contributed by atoms with Gasteiger partial charge in [0.15, 0.2) is 11.6 Å². The second kappa shape index (κ2) is 11.6. The van der Waals surface area contributed by atoms with Crippen molar-refractivity contribution in [3.63, 3.8) is 0 Å². The van der Waals surface area contributed by atoms with Gasteiger partial charge in [0.25, 0.3) is 0 Å². The Kier molecular flexibility index (Phi) is 9.09. The number of nitrogens with one attached hydrogen (secondary N) is 1. The first kappa shape index (κ1) is 27.3. The predicted octanol–water partition coefficient (Wildman–Crippen LogP) is 4.72. The molecule has 1 aliphatic rings. The lowest BCUT2D eigenvalue weighted by atomic mass is 9.84. The average molecular weight is 511 g/mol. The van der Waals surface area contributed by atoms with Crippen LogP contribution in [0.15, 0.2) is 13.9 Å². The van der Waals surface area contributed by atoms with Crippen molar-refractivity contribution in [3.8, 4) is 0 Å². The van der Waals surface area contributed by atoms with E-state index in [2.05, 4.69) is 20.0 Å². The van der Waals surface area contributed by atoms with Gasteiger partial charge in [-0.1, -0.05) is 55.3 Å². The molecule has 1 fully saturated rings. The van der Waals surface area contributed by atoms with Crippen LogP contribution in [0.5, 0.6) is 0 Å². The molecule has 2 aromatic heterocycles. The number of aromatic nitrogens is 3. The van der Waals surface area contributed by atoms with Crippen LogP contribution in [0.1, 0.15) is 108 Å². The minimum Gasteiger partial charge on any atom is -0.460 e. The van der Waals surface area contributed by atoms with Crippen LogP contribution in [0, 0.1) is 19.8 Å². The van der Waals surface area contributed by atoms with Crippen molar-refractivity contribution in [1.29, 1.82) is 0 Å². The summed E-state index contributed by atoms with van der Waals surface area (Å²) in [5.41, 5.74) is -0.306. The van der Waals surface area contributed by atoms with Crippen molar-refractivity contribution >= 4 is 16.0 Å². The van der Waals surface area contributed by atoms with Crippen LogP contribution >= 0.6 is 0 Å². The van der Waals surface area contributed by atoms with Gasteiger partial charge in [0, 0.05) is 5.92 Å². The maximum absolute atomic E-state index is 12.7. The minimum absolute atomic E-state index is 0.00623. The topological polar surface area (TPSA) is 137 Å². The molecule has 0 bridgehead atoms. The van der Waals surface area contributed by atoms with Gasteiger partial charge < -0.3 is 13.8 Å². The summed E-state index contributed by atoms with van der Waals surface area (Å²) in [6.45, 7) is 8.44. The van der Waals surface area contributed by atoms with Crippen LogP contribution in [0.25, 0.3) is 0 Å². The first-order valence-corrected chi connectivity index (χ1v) is 13.9. The fraction of sp³-hybridized carbons (Fsp3) is 0.750. The summed E-state index contributed by atoms with van der Waals surface area (Å²) in [6.07, 6.45) is 9.38. The molecule has 0 aliphatic heterocycles. The number of carbonyl (C=O) groups is 1. The van der Waals surface area contributed by atoms with Crippen LogP contribution in [-0.2, 0) is 26.1 Å². The number of nitrogens with zero attached hydrogens (tertiary/aromatic N) is 3. The van der Waals surface area contributed by atoms with Crippen molar-refractivity contribution < 1.29 is 27.0 Å². The number of hydrogen-bond acceptors (Lipinski definition) is 9. The van der Waals surface area contributed by atoms with E-state index >= 15 is 0 Å². The Hall–Kier alpha value is -2.27. The molecule has 1 aliphatic carbocycles. The molecule has 0 saturated heterocycles. The summed E-state index contributed by atoms with van der Waals surface area (Å²) in [5, 5.41) is 7.63. The molecule has 2 heterocycles. The van der Waals surface area contributed by atoms with Gasteiger partial charge in [0.2, 0.25) is 15.9 Å². The number of rotatable bonds is 11. The molecular weight excluding hydrogens is 472 g/mol. The van der Waals surface area contributed by atoms with Gasteiger partial charge in [0.05, 0.1) is 13.0 Å². The van der Waals surface area contributed by atoms with E-state index in [1.807, 2.05) is 20.8 Å². The monoisotopic (exact) mass is 510 g/mol. The molecule has 0 radical (unpaired) electrons. The summed E-state index contributed by atoms with van der Waals surface area (Å²) in [7, 11) is -3.86. The molecule has 1 atom stereocenters. The van der Waals surface area contributed by atoms with Gasteiger partial charge in [-0.15, -0.1) is 0 Å². The SMILES string of the molecule is Cc1noc(C)c1S(=O)(=O)NCc1noc(C(CCCC2CCCCC2)CC(=O)OC(C)(C)C)n1. The van der Waals surface area contributed by atoms with E-state index in [-0.39, 0.29) is 47.0 Å². The van der Waals surface area contributed by atoms with Crippen LogP contribution in [-0.4, -0.2) is 35.3 Å². The molecule has 35 heavy (non-hydrogen) atoms. The second-order valence-corrected chi connectivity index (χ2v) is 12.2. The summed E-state index contributed by atoms with van der Waals surface area (Å²) >= 11 is 0. The lowest BCUT2D eigenvalue weighted by Gasteiger charge is -2.23. The van der Waals surface area contributed by atoms with Gasteiger partial charge in [0.1, 0.15) is 16.2 Å². The molecule has 1 N–H and O–H groups in total. The molecule has 0 aromatic carbocycles. The van der Waals surface area contributed by atoms with Crippen molar-refractivity contribution in [3.05, 3.63) is 23.2 Å². The van der Waals surface area contributed by atoms with Crippen molar-refractivity contribution in [1.82, 2.24) is 20.0 Å². The van der Waals surface area contributed by atoms with Gasteiger partial charge in [-0.3, -0.25) is 4.79 Å². The van der Waals surface area contributed by atoms with Crippen LogP contribution < -0.4 is 4.72 Å². The van der Waals surface area contributed by atoms with Gasteiger partial charge in [-0.25, -0.2) is 13.1 Å². The number of aryl methyl sites for hydroxylation is 2. The first-order valence-electron chi connectivity index (χ1n) is 12.4. The smallest absolute Gasteiger partial charge is 0.307 e. The zero-order chi connectivity index (χ0) is 25.6. The van der Waals surface area contributed by atoms with Crippen molar-refractivity contribution in [2.24, 2.45) is 5.92 Å². The largest absolute Gasteiger partial charge is 0.460 e. The third-order valence-electron chi connectivity index (χ3n) is 6.21. The van der Waals surface area contributed by atoms with E-state index in [1.165, 1.54) is 39.0 Å². The van der Waals surface area contributed by atoms with Gasteiger partial charge in [-0.2, -0.15) is 4.98 Å². The molecular formula is C24H38N4O6S. The van der Waals surface area contributed by atoms with E-state index in [0.29, 0.717) is 5.89 Å². The number of hydrogen-bond donors (Lipinski definition) is 1. The number of sulfonamides is 1. The number of esters is 1. The van der Waals surface area contributed by atoms with Crippen LogP contribution in [0.3, 0.4) is 0 Å². The Labute approximate surface area is 207 Å². The quantitative estimate of drug-likeness (QED) is 0.426. The Morgan fingerprint density at radius 1 is 1.14 bits per heavy atom. The van der Waals surface area contributed by atoms with Crippen LogP contribution in [0.4, 0.5) is 0 Å². The predicted molar refractivity (Wildman–Crippen MR) is 128 cm³/mol. The molecule has 2 aromatic rings. The Morgan fingerprint density at radius 2 is 1.86 bits per heavy atom. The maximum atomic E-state index is 12.7. The lowest BCUT2D eigenvalue weighted by molar-refractivity contribution is -0.155. The molecule has 196 valence electrons. The normalized spacial score (nSPS) is 16.4. The Bertz CT molecular complexity index is 1060. The van der Waals surface area contributed by atoms with E-state index < -0.39 is 15.6 Å².